The van der Waals surface area contributed by atoms with Gasteiger partial charge >= 0.3 is 0 Å². The zero-order valence-electron chi connectivity index (χ0n) is 7.55. The predicted octanol–water partition coefficient (Wildman–Crippen LogP) is 2.46. The summed E-state index contributed by atoms with van der Waals surface area (Å²) in [5, 5.41) is 9.44. The largest absolute Gasteiger partial charge is 0.397 e. The van der Waals surface area contributed by atoms with Crippen LogP contribution < -0.4 is 5.73 Å². The van der Waals surface area contributed by atoms with Crippen molar-refractivity contribution >= 4 is 40.4 Å². The average molecular weight is 259 g/mol. The molecule has 0 fully saturated rings. The highest BCUT2D eigenvalue weighted by atomic mass is 35.5. The van der Waals surface area contributed by atoms with Crippen molar-refractivity contribution in [1.82, 2.24) is 15.2 Å². The maximum Gasteiger partial charge on any atom is 0.207 e. The van der Waals surface area contributed by atoms with E-state index in [0.29, 0.717) is 10.2 Å². The summed E-state index contributed by atoms with van der Waals surface area (Å²) in [6, 6.07) is 3.70. The van der Waals surface area contributed by atoms with Crippen LogP contribution in [-0.4, -0.2) is 15.2 Å². The van der Waals surface area contributed by atoms with E-state index < -0.39 is 0 Å². The highest BCUT2D eigenvalue weighted by Gasteiger charge is 2.03. The van der Waals surface area contributed by atoms with Crippen LogP contribution >= 0.6 is 34.7 Å². The van der Waals surface area contributed by atoms with E-state index in [1.165, 1.54) is 11.3 Å². The molecular formula is C8H7ClN4S2. The van der Waals surface area contributed by atoms with Crippen LogP contribution in [0.5, 0.6) is 0 Å². The number of hydrogen-bond acceptors (Lipinski definition) is 6. The first-order chi connectivity index (χ1) is 7.24. The fourth-order valence-electron chi connectivity index (χ4n) is 0.904. The van der Waals surface area contributed by atoms with Gasteiger partial charge in [0.1, 0.15) is 5.01 Å². The van der Waals surface area contributed by atoms with E-state index in [1.807, 2.05) is 12.1 Å². The molecular weight excluding hydrogens is 252 g/mol. The van der Waals surface area contributed by atoms with Gasteiger partial charge in [-0.1, -0.05) is 23.1 Å². The van der Waals surface area contributed by atoms with Crippen LogP contribution in [0.2, 0.25) is 4.47 Å². The number of hydrogen-bond donors (Lipinski definition) is 1. The fourth-order valence-corrected chi connectivity index (χ4v) is 2.60. The van der Waals surface area contributed by atoms with Crippen LogP contribution in [0.25, 0.3) is 0 Å². The third-order valence-electron chi connectivity index (χ3n) is 1.54. The lowest BCUT2D eigenvalue weighted by atomic mass is 10.4. The Kier molecular flexibility index (Phi) is 3.40. The van der Waals surface area contributed by atoms with E-state index in [1.54, 1.807) is 18.0 Å². The SMILES string of the molecule is Nc1ccc(SCc2nnc(Cl)s2)nc1. The Morgan fingerprint density at radius 1 is 1.40 bits per heavy atom. The lowest BCUT2D eigenvalue weighted by Crippen LogP contribution is -1.87. The van der Waals surface area contributed by atoms with E-state index >= 15 is 0 Å². The van der Waals surface area contributed by atoms with E-state index in [-0.39, 0.29) is 0 Å². The van der Waals surface area contributed by atoms with Crippen LogP contribution in [0.1, 0.15) is 5.01 Å². The molecule has 2 heterocycles. The third-order valence-corrected chi connectivity index (χ3v) is 3.70. The molecule has 2 N–H and O–H groups in total. The smallest absolute Gasteiger partial charge is 0.207 e. The van der Waals surface area contributed by atoms with Gasteiger partial charge in [-0.3, -0.25) is 0 Å². The lowest BCUT2D eigenvalue weighted by molar-refractivity contribution is 1.04. The Bertz CT molecular complexity index is 442. The molecule has 78 valence electrons. The third kappa shape index (κ3) is 3.05. The monoisotopic (exact) mass is 258 g/mol. The average Bonchev–Trinajstić information content (AvgIpc) is 2.64. The van der Waals surface area contributed by atoms with E-state index in [2.05, 4.69) is 15.2 Å². The molecule has 0 saturated carbocycles. The quantitative estimate of drug-likeness (QED) is 0.857. The minimum Gasteiger partial charge on any atom is -0.397 e. The number of nitrogens with two attached hydrogens (primary N) is 1. The number of thioether (sulfide) groups is 1. The zero-order chi connectivity index (χ0) is 10.7. The molecule has 0 amide bonds. The minimum absolute atomic E-state index is 0.468. The van der Waals surface area contributed by atoms with Crippen LogP contribution in [-0.2, 0) is 5.75 Å². The summed E-state index contributed by atoms with van der Waals surface area (Å²) < 4.78 is 0.468. The van der Waals surface area contributed by atoms with Gasteiger partial charge in [0.25, 0.3) is 0 Å². The summed E-state index contributed by atoms with van der Waals surface area (Å²) in [5.74, 6) is 0.724. The van der Waals surface area contributed by atoms with Gasteiger partial charge in [-0.25, -0.2) is 4.98 Å². The Morgan fingerprint density at radius 2 is 2.27 bits per heavy atom. The van der Waals surface area contributed by atoms with Crippen molar-refractivity contribution in [3.05, 3.63) is 27.8 Å². The highest BCUT2D eigenvalue weighted by Crippen LogP contribution is 2.24. The molecule has 7 heteroatoms. The highest BCUT2D eigenvalue weighted by molar-refractivity contribution is 7.98. The molecule has 0 aromatic carbocycles. The van der Waals surface area contributed by atoms with Crippen molar-refractivity contribution in [2.24, 2.45) is 0 Å². The molecule has 15 heavy (non-hydrogen) atoms. The Labute approximate surface area is 99.9 Å². The zero-order valence-corrected chi connectivity index (χ0v) is 9.94. The summed E-state index contributed by atoms with van der Waals surface area (Å²) >= 11 is 8.62. The molecule has 2 rings (SSSR count). The molecule has 0 unspecified atom stereocenters. The standard InChI is InChI=1S/C8H7ClN4S2/c9-8-13-12-7(15-8)4-14-6-2-1-5(10)3-11-6/h1-3H,4,10H2. The van der Waals surface area contributed by atoms with Crippen molar-refractivity contribution in [2.75, 3.05) is 5.73 Å². The van der Waals surface area contributed by atoms with Crippen LogP contribution in [0.3, 0.4) is 0 Å². The number of nitrogen functional groups attached to an aromatic ring is 1. The predicted molar refractivity (Wildman–Crippen MR) is 63.1 cm³/mol. The van der Waals surface area contributed by atoms with Gasteiger partial charge in [-0.15, -0.1) is 10.2 Å². The first-order valence-corrected chi connectivity index (χ1v) is 6.24. The second kappa shape index (κ2) is 4.78. The second-order valence-corrected chi connectivity index (χ2v) is 5.31. The number of aromatic nitrogens is 3. The molecule has 0 aliphatic carbocycles. The number of rotatable bonds is 3. The van der Waals surface area contributed by atoms with Crippen LogP contribution in [0.4, 0.5) is 5.69 Å². The Morgan fingerprint density at radius 3 is 2.87 bits per heavy atom. The molecule has 0 spiro atoms. The van der Waals surface area contributed by atoms with E-state index in [9.17, 15) is 0 Å². The van der Waals surface area contributed by atoms with Crippen LogP contribution in [0.15, 0.2) is 23.4 Å². The lowest BCUT2D eigenvalue weighted by Gasteiger charge is -1.97. The van der Waals surface area contributed by atoms with E-state index in [0.717, 1.165) is 15.8 Å². The van der Waals surface area contributed by atoms with Gasteiger partial charge in [0, 0.05) is 0 Å². The molecule has 2 aromatic rings. The Hall–Kier alpha value is -0.850. The molecule has 0 aliphatic rings. The first-order valence-electron chi connectivity index (χ1n) is 4.06. The molecule has 0 bridgehead atoms. The maximum atomic E-state index is 5.67. The number of halogens is 1. The maximum absolute atomic E-state index is 5.67. The molecule has 4 nitrogen and oxygen atoms in total. The summed E-state index contributed by atoms with van der Waals surface area (Å²) in [7, 11) is 0. The van der Waals surface area contributed by atoms with Gasteiger partial charge in [-0.05, 0) is 23.7 Å². The van der Waals surface area contributed by atoms with Gasteiger partial charge in [0.05, 0.1) is 22.7 Å². The van der Waals surface area contributed by atoms with Crippen molar-refractivity contribution in [3.63, 3.8) is 0 Å². The second-order valence-electron chi connectivity index (χ2n) is 2.67. The van der Waals surface area contributed by atoms with Crippen molar-refractivity contribution in [1.29, 1.82) is 0 Å². The summed E-state index contributed by atoms with van der Waals surface area (Å²) in [6.07, 6.45) is 1.63. The topological polar surface area (TPSA) is 64.7 Å². The normalized spacial score (nSPS) is 10.5. The van der Waals surface area contributed by atoms with Gasteiger partial charge in [-0.2, -0.15) is 0 Å². The van der Waals surface area contributed by atoms with Crippen LogP contribution in [0, 0.1) is 0 Å². The minimum atomic E-state index is 0.468. The molecule has 0 saturated heterocycles. The fraction of sp³-hybridized carbons (Fsp3) is 0.125. The summed E-state index contributed by atoms with van der Waals surface area (Å²) in [6.45, 7) is 0. The van der Waals surface area contributed by atoms with Gasteiger partial charge in [0.2, 0.25) is 4.47 Å². The molecule has 2 aromatic heterocycles. The van der Waals surface area contributed by atoms with Crippen molar-refractivity contribution in [2.45, 2.75) is 10.8 Å². The molecule has 0 atom stereocenters. The number of nitrogens with zero attached hydrogens (tertiary/aromatic N) is 3. The summed E-state index contributed by atoms with van der Waals surface area (Å²) in [4.78, 5) is 4.16. The molecule has 0 radical (unpaired) electrons. The van der Waals surface area contributed by atoms with Crippen molar-refractivity contribution in [3.8, 4) is 0 Å². The Balaban J connectivity index is 1.96. The van der Waals surface area contributed by atoms with Crippen molar-refractivity contribution < 1.29 is 0 Å². The number of anilines is 1. The van der Waals surface area contributed by atoms with Gasteiger partial charge in [0.15, 0.2) is 0 Å². The van der Waals surface area contributed by atoms with E-state index in [4.69, 9.17) is 17.3 Å². The molecule has 0 aliphatic heterocycles. The first kappa shape index (κ1) is 10.7. The van der Waals surface area contributed by atoms with Gasteiger partial charge < -0.3 is 5.73 Å². The summed E-state index contributed by atoms with van der Waals surface area (Å²) in [5.41, 5.74) is 6.19. The number of pyridine rings is 1.